The number of aromatic nitrogens is 2. The minimum atomic E-state index is -4.37. The molecule has 1 aromatic heterocycles. The number of nitrogens with two attached hydrogens (primary N) is 1. The Balaban J connectivity index is 2.33. The number of hydrogen-bond acceptors (Lipinski definition) is 4. The van der Waals surface area contributed by atoms with Crippen LogP contribution in [-0.4, -0.2) is 16.3 Å². The molecule has 2 aromatic rings. The van der Waals surface area contributed by atoms with Crippen molar-refractivity contribution in [2.75, 3.05) is 5.73 Å². The molecule has 0 amide bonds. The third-order valence-corrected chi connectivity index (χ3v) is 2.80. The summed E-state index contributed by atoms with van der Waals surface area (Å²) < 4.78 is 41.8. The highest BCUT2D eigenvalue weighted by Crippen LogP contribution is 2.31. The first kappa shape index (κ1) is 12.9. The summed E-state index contributed by atoms with van der Waals surface area (Å²) in [6.45, 7) is 0. The zero-order chi connectivity index (χ0) is 13.3. The van der Waals surface area contributed by atoms with Crippen molar-refractivity contribution in [2.24, 2.45) is 0 Å². The summed E-state index contributed by atoms with van der Waals surface area (Å²) in [5, 5.41) is 3.27. The predicted molar refractivity (Wildman–Crippen MR) is 61.6 cm³/mol. The smallest absolute Gasteiger partial charge is 0.396 e. The Hall–Kier alpha value is -1.57. The van der Waals surface area contributed by atoms with Gasteiger partial charge in [-0.25, -0.2) is 0 Å². The van der Waals surface area contributed by atoms with E-state index in [1.807, 2.05) is 0 Å². The van der Waals surface area contributed by atoms with Crippen LogP contribution >= 0.6 is 15.9 Å². The first-order valence-electron chi connectivity index (χ1n) is 4.80. The third-order valence-electron chi connectivity index (χ3n) is 2.11. The van der Waals surface area contributed by atoms with E-state index in [0.717, 1.165) is 0 Å². The molecule has 0 aliphatic carbocycles. The molecule has 0 fully saturated rings. The van der Waals surface area contributed by atoms with E-state index in [0.29, 0.717) is 15.7 Å². The summed E-state index contributed by atoms with van der Waals surface area (Å²) in [5.74, 6) is -0.454. The van der Waals surface area contributed by atoms with Crippen LogP contribution in [0.5, 0.6) is 0 Å². The first-order valence-corrected chi connectivity index (χ1v) is 5.60. The minimum absolute atomic E-state index is 0.0342. The van der Waals surface area contributed by atoms with Crippen molar-refractivity contribution in [3.05, 3.63) is 28.5 Å². The standard InChI is InChI=1S/C10H7BrF3N3O/c11-6-3-1-2-5(8(6)15)9-16-7(17-18-9)4-10(12,13)14/h1-3H,4,15H2. The SMILES string of the molecule is Nc1c(Br)cccc1-c1nc(CC(F)(F)F)no1. The summed E-state index contributed by atoms with van der Waals surface area (Å²) in [6.07, 6.45) is -5.60. The Morgan fingerprint density at radius 3 is 2.72 bits per heavy atom. The number of halogens is 4. The average Bonchev–Trinajstić information content (AvgIpc) is 2.68. The Kier molecular flexibility index (Phi) is 3.29. The number of anilines is 1. The number of nitrogen functional groups attached to an aromatic ring is 1. The Morgan fingerprint density at radius 1 is 1.33 bits per heavy atom. The molecule has 96 valence electrons. The number of para-hydroxylation sites is 1. The van der Waals surface area contributed by atoms with Gasteiger partial charge in [-0.1, -0.05) is 11.2 Å². The molecule has 0 saturated carbocycles. The van der Waals surface area contributed by atoms with Crippen LogP contribution in [-0.2, 0) is 6.42 Å². The van der Waals surface area contributed by atoms with Crippen LogP contribution in [0.25, 0.3) is 11.5 Å². The number of benzene rings is 1. The van der Waals surface area contributed by atoms with E-state index in [4.69, 9.17) is 10.3 Å². The largest absolute Gasteiger partial charge is 0.397 e. The molecule has 8 heteroatoms. The number of alkyl halides is 3. The van der Waals surface area contributed by atoms with Gasteiger partial charge >= 0.3 is 6.18 Å². The van der Waals surface area contributed by atoms with Gasteiger partial charge in [0.15, 0.2) is 5.82 Å². The summed E-state index contributed by atoms with van der Waals surface area (Å²) in [5.41, 5.74) is 6.48. The van der Waals surface area contributed by atoms with Crippen molar-refractivity contribution < 1.29 is 17.7 Å². The maximum absolute atomic E-state index is 12.1. The zero-order valence-corrected chi connectivity index (χ0v) is 10.4. The first-order chi connectivity index (χ1) is 8.37. The molecule has 0 aliphatic heterocycles. The maximum Gasteiger partial charge on any atom is 0.396 e. The van der Waals surface area contributed by atoms with Gasteiger partial charge in [-0.05, 0) is 28.1 Å². The second kappa shape index (κ2) is 4.60. The molecule has 18 heavy (non-hydrogen) atoms. The van der Waals surface area contributed by atoms with Gasteiger partial charge in [0.05, 0.1) is 11.3 Å². The van der Waals surface area contributed by atoms with E-state index in [2.05, 4.69) is 26.1 Å². The summed E-state index contributed by atoms with van der Waals surface area (Å²) >= 11 is 3.20. The highest BCUT2D eigenvalue weighted by atomic mass is 79.9. The van der Waals surface area contributed by atoms with Crippen LogP contribution in [0, 0.1) is 0 Å². The molecule has 1 aromatic carbocycles. The molecule has 0 bridgehead atoms. The van der Waals surface area contributed by atoms with Gasteiger partial charge < -0.3 is 10.3 Å². The second-order valence-electron chi connectivity index (χ2n) is 3.51. The van der Waals surface area contributed by atoms with Crippen molar-refractivity contribution >= 4 is 21.6 Å². The summed E-state index contributed by atoms with van der Waals surface area (Å²) in [4.78, 5) is 3.67. The molecule has 2 N–H and O–H groups in total. The van der Waals surface area contributed by atoms with E-state index in [9.17, 15) is 13.2 Å². The lowest BCUT2D eigenvalue weighted by Crippen LogP contribution is -2.12. The molecule has 2 rings (SSSR count). The summed E-state index contributed by atoms with van der Waals surface area (Å²) in [7, 11) is 0. The lowest BCUT2D eigenvalue weighted by atomic mass is 10.2. The molecule has 0 unspecified atom stereocenters. The lowest BCUT2D eigenvalue weighted by molar-refractivity contribution is -0.128. The average molecular weight is 322 g/mol. The van der Waals surface area contributed by atoms with Gasteiger partial charge in [0, 0.05) is 4.47 Å². The van der Waals surface area contributed by atoms with Gasteiger partial charge in [0.25, 0.3) is 5.89 Å². The molecular formula is C10H7BrF3N3O. The number of nitrogens with zero attached hydrogens (tertiary/aromatic N) is 2. The van der Waals surface area contributed by atoms with Crippen molar-refractivity contribution in [2.45, 2.75) is 12.6 Å². The van der Waals surface area contributed by atoms with Gasteiger partial charge in [-0.15, -0.1) is 0 Å². The molecule has 0 saturated heterocycles. The van der Waals surface area contributed by atoms with Crippen molar-refractivity contribution in [3.63, 3.8) is 0 Å². The molecule has 0 aliphatic rings. The van der Waals surface area contributed by atoms with E-state index >= 15 is 0 Å². The highest BCUT2D eigenvalue weighted by molar-refractivity contribution is 9.10. The van der Waals surface area contributed by atoms with Crippen LogP contribution in [0.15, 0.2) is 27.2 Å². The third kappa shape index (κ3) is 2.81. The van der Waals surface area contributed by atoms with E-state index < -0.39 is 18.4 Å². The van der Waals surface area contributed by atoms with Crippen LogP contribution in [0.3, 0.4) is 0 Å². The van der Waals surface area contributed by atoms with Crippen LogP contribution in [0.2, 0.25) is 0 Å². The number of rotatable bonds is 2. The van der Waals surface area contributed by atoms with E-state index in [1.54, 1.807) is 18.2 Å². The van der Waals surface area contributed by atoms with Gasteiger partial charge in [-0.3, -0.25) is 0 Å². The normalized spacial score (nSPS) is 11.8. The van der Waals surface area contributed by atoms with Gasteiger partial charge in [-0.2, -0.15) is 18.2 Å². The highest BCUT2D eigenvalue weighted by Gasteiger charge is 2.30. The van der Waals surface area contributed by atoms with E-state index in [1.165, 1.54) is 0 Å². The van der Waals surface area contributed by atoms with Gasteiger partial charge in [0.2, 0.25) is 0 Å². The number of hydrogen-bond donors (Lipinski definition) is 1. The zero-order valence-electron chi connectivity index (χ0n) is 8.83. The molecule has 0 radical (unpaired) electrons. The van der Waals surface area contributed by atoms with Crippen molar-refractivity contribution in [1.82, 2.24) is 10.1 Å². The molecule has 0 spiro atoms. The van der Waals surface area contributed by atoms with E-state index in [-0.39, 0.29) is 5.89 Å². The minimum Gasteiger partial charge on any atom is -0.397 e. The quantitative estimate of drug-likeness (QED) is 0.863. The lowest BCUT2D eigenvalue weighted by Gasteiger charge is -2.02. The second-order valence-corrected chi connectivity index (χ2v) is 4.36. The van der Waals surface area contributed by atoms with Crippen LogP contribution < -0.4 is 5.73 Å². The fraction of sp³-hybridized carbons (Fsp3) is 0.200. The molecule has 0 atom stereocenters. The maximum atomic E-state index is 12.1. The molecule has 4 nitrogen and oxygen atoms in total. The monoisotopic (exact) mass is 321 g/mol. The van der Waals surface area contributed by atoms with Crippen LogP contribution in [0.4, 0.5) is 18.9 Å². The fourth-order valence-electron chi connectivity index (χ4n) is 1.34. The van der Waals surface area contributed by atoms with Crippen molar-refractivity contribution in [3.8, 4) is 11.5 Å². The van der Waals surface area contributed by atoms with Crippen LogP contribution in [0.1, 0.15) is 5.82 Å². The Morgan fingerprint density at radius 2 is 2.06 bits per heavy atom. The Labute approximate surface area is 108 Å². The fourth-order valence-corrected chi connectivity index (χ4v) is 1.70. The Bertz CT molecular complexity index is 568. The summed E-state index contributed by atoms with van der Waals surface area (Å²) in [6, 6.07) is 4.96. The van der Waals surface area contributed by atoms with Crippen molar-refractivity contribution in [1.29, 1.82) is 0 Å². The predicted octanol–water partition coefficient (Wildman–Crippen LogP) is 3.19. The molecule has 1 heterocycles. The van der Waals surface area contributed by atoms with Gasteiger partial charge in [0.1, 0.15) is 6.42 Å². The topological polar surface area (TPSA) is 64.9 Å². The molecular weight excluding hydrogens is 315 g/mol.